The van der Waals surface area contributed by atoms with Crippen LogP contribution in [0.3, 0.4) is 0 Å². The first-order valence-corrected chi connectivity index (χ1v) is 10.8. The molecule has 0 radical (unpaired) electrons. The largest absolute Gasteiger partial charge is 0.481 e. The Morgan fingerprint density at radius 3 is 2.79 bits per heavy atom. The Labute approximate surface area is 168 Å². The van der Waals surface area contributed by atoms with Gasteiger partial charge in [-0.3, -0.25) is 4.79 Å². The number of nitrogens with zero attached hydrogens (tertiary/aromatic N) is 4. The van der Waals surface area contributed by atoms with Crippen LogP contribution in [0.2, 0.25) is 5.15 Å². The Morgan fingerprint density at radius 2 is 2.00 bits per heavy atom. The standard InChI is InChI=1S/C17H13ClN4O4S2/c18-16-7-5-14-12(19-16)8-10(2-1-3-17(23)24)22(14)28(25,26)11-4-6-15-13(9-11)20-21-27-15/h4-9H,1-3H2,(H,23,24). The molecule has 0 unspecified atom stereocenters. The van der Waals surface area contributed by atoms with Gasteiger partial charge in [-0.1, -0.05) is 16.1 Å². The Morgan fingerprint density at radius 1 is 1.18 bits per heavy atom. The number of hydrogen-bond acceptors (Lipinski definition) is 7. The van der Waals surface area contributed by atoms with Gasteiger partial charge in [0.2, 0.25) is 0 Å². The minimum absolute atomic E-state index is 0.0633. The average Bonchev–Trinajstić information content (AvgIpc) is 3.24. The van der Waals surface area contributed by atoms with Crippen molar-refractivity contribution in [2.24, 2.45) is 0 Å². The van der Waals surface area contributed by atoms with Crippen molar-refractivity contribution >= 4 is 60.4 Å². The summed E-state index contributed by atoms with van der Waals surface area (Å²) >= 11 is 7.13. The van der Waals surface area contributed by atoms with Crippen LogP contribution in [-0.2, 0) is 21.2 Å². The summed E-state index contributed by atoms with van der Waals surface area (Å²) in [6, 6.07) is 9.38. The third-order valence-electron chi connectivity index (χ3n) is 4.23. The Hall–Kier alpha value is -2.56. The molecule has 0 saturated heterocycles. The third kappa shape index (κ3) is 3.34. The highest BCUT2D eigenvalue weighted by molar-refractivity contribution is 7.90. The van der Waals surface area contributed by atoms with Gasteiger partial charge >= 0.3 is 5.97 Å². The van der Waals surface area contributed by atoms with Gasteiger partial charge in [-0.05, 0) is 60.8 Å². The molecule has 3 aromatic heterocycles. The molecule has 0 aliphatic heterocycles. The number of halogens is 1. The van der Waals surface area contributed by atoms with E-state index in [9.17, 15) is 13.2 Å². The normalized spacial score (nSPS) is 12.0. The molecule has 0 aliphatic rings. The molecular weight excluding hydrogens is 424 g/mol. The molecule has 4 rings (SSSR count). The van der Waals surface area contributed by atoms with E-state index in [2.05, 4.69) is 14.6 Å². The summed E-state index contributed by atoms with van der Waals surface area (Å²) < 4.78 is 32.7. The number of aromatic nitrogens is 4. The molecule has 0 atom stereocenters. The van der Waals surface area contributed by atoms with Crippen molar-refractivity contribution in [2.45, 2.75) is 24.2 Å². The number of benzene rings is 1. The Kier molecular flexibility index (Phi) is 4.77. The van der Waals surface area contributed by atoms with Crippen molar-refractivity contribution in [1.82, 2.24) is 18.5 Å². The van der Waals surface area contributed by atoms with Crippen molar-refractivity contribution in [1.29, 1.82) is 0 Å². The van der Waals surface area contributed by atoms with Gasteiger partial charge in [0.05, 0.1) is 20.6 Å². The van der Waals surface area contributed by atoms with Crippen LogP contribution in [0, 0.1) is 0 Å². The fourth-order valence-corrected chi connectivity index (χ4v) is 5.27. The molecule has 0 fully saturated rings. The van der Waals surface area contributed by atoms with E-state index in [4.69, 9.17) is 16.7 Å². The predicted molar refractivity (Wildman–Crippen MR) is 105 cm³/mol. The number of aryl methyl sites for hydroxylation is 1. The number of carboxylic acid groups (broad SMARTS) is 1. The fraction of sp³-hybridized carbons (Fsp3) is 0.176. The maximum Gasteiger partial charge on any atom is 0.303 e. The third-order valence-corrected chi connectivity index (χ3v) is 6.91. The first-order chi connectivity index (χ1) is 13.4. The molecule has 0 aliphatic carbocycles. The lowest BCUT2D eigenvalue weighted by molar-refractivity contribution is -0.137. The van der Waals surface area contributed by atoms with Crippen LogP contribution in [0.15, 0.2) is 41.3 Å². The minimum Gasteiger partial charge on any atom is -0.481 e. The molecule has 144 valence electrons. The van der Waals surface area contributed by atoms with Gasteiger partial charge in [-0.15, -0.1) is 5.10 Å². The van der Waals surface area contributed by atoms with E-state index in [-0.39, 0.29) is 22.9 Å². The van der Waals surface area contributed by atoms with Crippen molar-refractivity contribution in [3.05, 3.63) is 47.2 Å². The van der Waals surface area contributed by atoms with Crippen LogP contribution in [0.25, 0.3) is 21.3 Å². The molecule has 0 amide bonds. The van der Waals surface area contributed by atoms with E-state index in [0.717, 1.165) is 4.70 Å². The summed E-state index contributed by atoms with van der Waals surface area (Å²) in [6.45, 7) is 0. The number of fused-ring (bicyclic) bond motifs is 2. The maximum absolute atomic E-state index is 13.4. The molecule has 0 bridgehead atoms. The van der Waals surface area contributed by atoms with E-state index < -0.39 is 16.0 Å². The monoisotopic (exact) mass is 436 g/mol. The van der Waals surface area contributed by atoms with Gasteiger partial charge in [0.1, 0.15) is 10.7 Å². The molecule has 1 aromatic carbocycles. The molecule has 3 heterocycles. The molecule has 0 spiro atoms. The number of carboxylic acids is 1. The summed E-state index contributed by atoms with van der Waals surface area (Å²) in [4.78, 5) is 15.1. The van der Waals surface area contributed by atoms with E-state index in [1.54, 1.807) is 18.2 Å². The number of hydrogen-bond donors (Lipinski definition) is 1. The van der Waals surface area contributed by atoms with Gasteiger partial charge in [0.15, 0.2) is 0 Å². The zero-order valence-corrected chi connectivity index (χ0v) is 16.6. The van der Waals surface area contributed by atoms with E-state index in [1.165, 1.54) is 33.7 Å². The molecular formula is C17H13ClN4O4S2. The van der Waals surface area contributed by atoms with Gasteiger partial charge in [0.25, 0.3) is 10.0 Å². The average molecular weight is 437 g/mol. The van der Waals surface area contributed by atoms with E-state index >= 15 is 0 Å². The van der Waals surface area contributed by atoms with Crippen LogP contribution >= 0.6 is 23.1 Å². The zero-order valence-electron chi connectivity index (χ0n) is 14.2. The molecule has 4 aromatic rings. The van der Waals surface area contributed by atoms with Crippen molar-refractivity contribution in [3.8, 4) is 0 Å². The number of pyridine rings is 1. The van der Waals surface area contributed by atoms with Crippen molar-refractivity contribution in [3.63, 3.8) is 0 Å². The number of rotatable bonds is 6. The highest BCUT2D eigenvalue weighted by Crippen LogP contribution is 2.28. The number of carbonyl (C=O) groups is 1. The second-order valence-electron chi connectivity index (χ2n) is 6.09. The Bertz CT molecular complexity index is 1310. The van der Waals surface area contributed by atoms with Crippen molar-refractivity contribution in [2.75, 3.05) is 0 Å². The molecule has 1 N–H and O–H groups in total. The highest BCUT2D eigenvalue weighted by Gasteiger charge is 2.24. The predicted octanol–water partition coefficient (Wildman–Crippen LogP) is 3.34. The second-order valence-corrected chi connectivity index (χ2v) is 9.05. The number of aliphatic carboxylic acids is 1. The summed E-state index contributed by atoms with van der Waals surface area (Å²) in [7, 11) is -3.96. The first kappa shape index (κ1) is 18.8. The molecule has 28 heavy (non-hydrogen) atoms. The molecule has 8 nitrogen and oxygen atoms in total. The maximum atomic E-state index is 13.4. The molecule has 0 saturated carbocycles. The van der Waals surface area contributed by atoms with Crippen LogP contribution in [0.4, 0.5) is 0 Å². The molecule has 11 heteroatoms. The lowest BCUT2D eigenvalue weighted by Crippen LogP contribution is -2.16. The van der Waals surface area contributed by atoms with Gasteiger partial charge in [-0.2, -0.15) is 0 Å². The topological polar surface area (TPSA) is 115 Å². The van der Waals surface area contributed by atoms with Gasteiger partial charge in [-0.25, -0.2) is 17.4 Å². The minimum atomic E-state index is -3.96. The summed E-state index contributed by atoms with van der Waals surface area (Å²) in [6.07, 6.45) is 0.496. The van der Waals surface area contributed by atoms with Crippen LogP contribution in [-0.4, -0.2) is 38.0 Å². The lowest BCUT2D eigenvalue weighted by Gasteiger charge is -2.12. The van der Waals surface area contributed by atoms with Crippen molar-refractivity contribution < 1.29 is 18.3 Å². The van der Waals surface area contributed by atoms with E-state index in [1.807, 2.05) is 0 Å². The van der Waals surface area contributed by atoms with Crippen LogP contribution < -0.4 is 0 Å². The zero-order chi connectivity index (χ0) is 19.9. The summed E-state index contributed by atoms with van der Waals surface area (Å²) in [5.41, 5.74) is 1.75. The fourth-order valence-electron chi connectivity index (χ4n) is 3.00. The van der Waals surface area contributed by atoms with Crippen LogP contribution in [0.5, 0.6) is 0 Å². The van der Waals surface area contributed by atoms with E-state index in [0.29, 0.717) is 28.7 Å². The highest BCUT2D eigenvalue weighted by atomic mass is 35.5. The SMILES string of the molecule is O=C(O)CCCc1cc2nc(Cl)ccc2n1S(=O)(=O)c1ccc2snnc2c1. The quantitative estimate of drug-likeness (QED) is 0.461. The summed E-state index contributed by atoms with van der Waals surface area (Å²) in [5, 5.41) is 13.1. The first-order valence-electron chi connectivity index (χ1n) is 8.22. The Balaban J connectivity index is 1.87. The van der Waals surface area contributed by atoms with Gasteiger partial charge < -0.3 is 5.11 Å². The smallest absolute Gasteiger partial charge is 0.303 e. The van der Waals surface area contributed by atoms with Crippen LogP contribution in [0.1, 0.15) is 18.5 Å². The second kappa shape index (κ2) is 7.12. The lowest BCUT2D eigenvalue weighted by atomic mass is 10.2. The van der Waals surface area contributed by atoms with Gasteiger partial charge in [0, 0.05) is 12.1 Å². The summed E-state index contributed by atoms with van der Waals surface area (Å²) in [5.74, 6) is -0.937.